The second-order valence-electron chi connectivity index (χ2n) is 9.81. The maximum atomic E-state index is 13.0. The number of unbranched alkanes of at least 4 members (excludes halogenated alkanes) is 1. The van der Waals surface area contributed by atoms with Crippen LogP contribution in [-0.4, -0.2) is 55.7 Å². The Balaban J connectivity index is 1.11. The number of piperazine rings is 1. The summed E-state index contributed by atoms with van der Waals surface area (Å²) in [6.45, 7) is 6.97. The largest absolute Gasteiger partial charge is 0.492 e. The third kappa shape index (κ3) is 7.29. The average Bonchev–Trinajstić information content (AvgIpc) is 2.89. The summed E-state index contributed by atoms with van der Waals surface area (Å²) < 4.78 is 18.7. The Morgan fingerprint density at radius 3 is 2.29 bits per heavy atom. The van der Waals surface area contributed by atoms with Gasteiger partial charge >= 0.3 is 0 Å². The molecule has 1 saturated heterocycles. The summed E-state index contributed by atoms with van der Waals surface area (Å²) in [5.41, 5.74) is 3.48. The number of hydrogen-bond donors (Lipinski definition) is 0. The number of hydrogen-bond acceptors (Lipinski definition) is 4. The summed E-state index contributed by atoms with van der Waals surface area (Å²) in [6, 6.07) is 15.4. The fraction of sp³-hybridized carbons (Fsp3) is 0.552. The molecule has 2 aromatic rings. The molecule has 2 fully saturated rings. The van der Waals surface area contributed by atoms with E-state index in [0.29, 0.717) is 12.5 Å². The van der Waals surface area contributed by atoms with Gasteiger partial charge in [0.05, 0.1) is 11.6 Å². The summed E-state index contributed by atoms with van der Waals surface area (Å²) >= 11 is 0. The molecule has 0 unspecified atom stereocenters. The predicted octanol–water partition coefficient (Wildman–Crippen LogP) is 5.76. The molecule has 1 saturated carbocycles. The number of nitrogens with zero attached hydrogens (tertiary/aromatic N) is 3. The quantitative estimate of drug-likeness (QED) is 0.420. The first-order valence-electron chi connectivity index (χ1n) is 13.1. The summed E-state index contributed by atoms with van der Waals surface area (Å²) in [6.07, 6.45) is 9.86. The number of ether oxygens (including phenoxy) is 1. The molecule has 2 aliphatic rings. The van der Waals surface area contributed by atoms with Crippen molar-refractivity contribution >= 4 is 0 Å². The van der Waals surface area contributed by atoms with E-state index in [0.717, 1.165) is 63.4 Å². The van der Waals surface area contributed by atoms with Crippen LogP contribution in [0.3, 0.4) is 0 Å². The minimum atomic E-state index is -0.235. The molecule has 1 aliphatic heterocycles. The molecule has 1 aliphatic carbocycles. The molecule has 4 rings (SSSR count). The SMILES string of the molecule is N#Cc1cc(C2CCCCC2)ccc1CCCCN1CCN(CCOc2ccc(F)cc2)CC1. The highest BCUT2D eigenvalue weighted by atomic mass is 19.1. The van der Waals surface area contributed by atoms with Crippen LogP contribution in [0.25, 0.3) is 0 Å². The fourth-order valence-electron chi connectivity index (χ4n) is 5.32. The van der Waals surface area contributed by atoms with Gasteiger partial charge in [0.25, 0.3) is 0 Å². The van der Waals surface area contributed by atoms with Crippen LogP contribution in [0.15, 0.2) is 42.5 Å². The van der Waals surface area contributed by atoms with Crippen LogP contribution in [0.4, 0.5) is 4.39 Å². The second-order valence-corrected chi connectivity index (χ2v) is 9.81. The molecule has 34 heavy (non-hydrogen) atoms. The zero-order valence-electron chi connectivity index (χ0n) is 20.4. The Kier molecular flexibility index (Phi) is 9.35. The van der Waals surface area contributed by atoms with E-state index in [-0.39, 0.29) is 5.82 Å². The Bertz CT molecular complexity index is 925. The van der Waals surface area contributed by atoms with Crippen molar-refractivity contribution in [3.63, 3.8) is 0 Å². The number of rotatable bonds is 10. The van der Waals surface area contributed by atoms with Crippen LogP contribution in [0.5, 0.6) is 5.75 Å². The molecule has 0 radical (unpaired) electrons. The third-order valence-electron chi connectivity index (χ3n) is 7.46. The normalized spacial score (nSPS) is 18.0. The molecule has 0 bridgehead atoms. The summed E-state index contributed by atoms with van der Waals surface area (Å²) in [5.74, 6) is 1.15. The summed E-state index contributed by atoms with van der Waals surface area (Å²) in [7, 11) is 0. The van der Waals surface area contributed by atoms with Crippen LogP contribution >= 0.6 is 0 Å². The first kappa shape index (κ1) is 24.7. The maximum absolute atomic E-state index is 13.0. The maximum Gasteiger partial charge on any atom is 0.123 e. The van der Waals surface area contributed by atoms with Crippen molar-refractivity contribution in [2.75, 3.05) is 45.9 Å². The number of nitriles is 1. The lowest BCUT2D eigenvalue weighted by Crippen LogP contribution is -2.47. The predicted molar refractivity (Wildman–Crippen MR) is 135 cm³/mol. The van der Waals surface area contributed by atoms with Gasteiger partial charge < -0.3 is 9.64 Å². The molecule has 0 amide bonds. The monoisotopic (exact) mass is 463 g/mol. The smallest absolute Gasteiger partial charge is 0.123 e. The van der Waals surface area contributed by atoms with Crippen molar-refractivity contribution in [2.24, 2.45) is 0 Å². The minimum absolute atomic E-state index is 0.235. The van der Waals surface area contributed by atoms with Crippen molar-refractivity contribution in [1.82, 2.24) is 9.80 Å². The molecule has 4 nitrogen and oxygen atoms in total. The molecular formula is C29H38FN3O. The van der Waals surface area contributed by atoms with Gasteiger partial charge in [0.2, 0.25) is 0 Å². The van der Waals surface area contributed by atoms with Crippen LogP contribution in [0.1, 0.15) is 67.6 Å². The fourth-order valence-corrected chi connectivity index (χ4v) is 5.32. The molecule has 0 N–H and O–H groups in total. The van der Waals surface area contributed by atoms with Gasteiger partial charge in [-0.05, 0) is 86.0 Å². The molecule has 0 spiro atoms. The summed E-state index contributed by atoms with van der Waals surface area (Å²) in [4.78, 5) is 4.99. The van der Waals surface area contributed by atoms with Crippen LogP contribution in [-0.2, 0) is 6.42 Å². The molecule has 182 valence electrons. The second kappa shape index (κ2) is 12.9. The number of benzene rings is 2. The minimum Gasteiger partial charge on any atom is -0.492 e. The van der Waals surface area contributed by atoms with E-state index in [1.165, 1.54) is 61.8 Å². The highest BCUT2D eigenvalue weighted by Gasteiger charge is 2.18. The van der Waals surface area contributed by atoms with Crippen molar-refractivity contribution in [3.05, 3.63) is 65.0 Å². The topological polar surface area (TPSA) is 39.5 Å². The Morgan fingerprint density at radius 2 is 1.59 bits per heavy atom. The van der Waals surface area contributed by atoms with Crippen molar-refractivity contribution in [2.45, 2.75) is 57.3 Å². The molecule has 0 atom stereocenters. The van der Waals surface area contributed by atoms with E-state index in [1.54, 1.807) is 12.1 Å². The van der Waals surface area contributed by atoms with Crippen molar-refractivity contribution in [1.29, 1.82) is 5.26 Å². The number of aryl methyl sites for hydroxylation is 1. The van der Waals surface area contributed by atoms with Crippen LogP contribution < -0.4 is 4.74 Å². The molecular weight excluding hydrogens is 425 g/mol. The van der Waals surface area contributed by atoms with Gasteiger partial charge in [0.1, 0.15) is 18.2 Å². The van der Waals surface area contributed by atoms with E-state index in [9.17, 15) is 9.65 Å². The van der Waals surface area contributed by atoms with Gasteiger partial charge in [-0.2, -0.15) is 5.26 Å². The van der Waals surface area contributed by atoms with Gasteiger partial charge in [0.15, 0.2) is 0 Å². The van der Waals surface area contributed by atoms with E-state index in [1.807, 2.05) is 0 Å². The van der Waals surface area contributed by atoms with E-state index < -0.39 is 0 Å². The summed E-state index contributed by atoms with van der Waals surface area (Å²) in [5, 5.41) is 9.68. The standard InChI is InChI=1S/C29H38FN3O/c30-28-11-13-29(14-12-28)34-21-20-33-18-16-32(17-19-33)15-5-4-8-25-9-10-26(22-27(25)23-31)24-6-2-1-3-7-24/h9-14,22,24H,1-8,15-21H2. The van der Waals surface area contributed by atoms with E-state index in [4.69, 9.17) is 4.74 Å². The Morgan fingerprint density at radius 1 is 0.882 bits per heavy atom. The van der Waals surface area contributed by atoms with Crippen molar-refractivity contribution < 1.29 is 9.13 Å². The first-order valence-corrected chi connectivity index (χ1v) is 13.1. The zero-order valence-corrected chi connectivity index (χ0v) is 20.4. The van der Waals surface area contributed by atoms with Gasteiger partial charge in [-0.25, -0.2) is 4.39 Å². The van der Waals surface area contributed by atoms with Crippen LogP contribution in [0, 0.1) is 17.1 Å². The van der Waals surface area contributed by atoms with Gasteiger partial charge in [-0.3, -0.25) is 4.90 Å². The lowest BCUT2D eigenvalue weighted by molar-refractivity contribution is 0.116. The van der Waals surface area contributed by atoms with Gasteiger partial charge in [0, 0.05) is 32.7 Å². The zero-order chi connectivity index (χ0) is 23.6. The van der Waals surface area contributed by atoms with Crippen molar-refractivity contribution in [3.8, 4) is 11.8 Å². The first-order chi connectivity index (χ1) is 16.7. The Labute approximate surface area is 204 Å². The lowest BCUT2D eigenvalue weighted by Gasteiger charge is -2.34. The molecule has 5 heteroatoms. The van der Waals surface area contributed by atoms with E-state index in [2.05, 4.69) is 34.1 Å². The lowest BCUT2D eigenvalue weighted by atomic mass is 9.83. The highest BCUT2D eigenvalue weighted by Crippen LogP contribution is 2.33. The molecule has 2 aromatic carbocycles. The Hall–Kier alpha value is -2.42. The molecule has 0 aromatic heterocycles. The average molecular weight is 464 g/mol. The highest BCUT2D eigenvalue weighted by molar-refractivity contribution is 5.42. The van der Waals surface area contributed by atoms with Gasteiger partial charge in [-0.15, -0.1) is 0 Å². The van der Waals surface area contributed by atoms with Crippen LogP contribution in [0.2, 0.25) is 0 Å². The molecule has 1 heterocycles. The number of halogens is 1. The van der Waals surface area contributed by atoms with E-state index >= 15 is 0 Å². The third-order valence-corrected chi connectivity index (χ3v) is 7.46. The van der Waals surface area contributed by atoms with Gasteiger partial charge in [-0.1, -0.05) is 31.4 Å².